The molecule has 0 atom stereocenters. The first kappa shape index (κ1) is 17.1. The quantitative estimate of drug-likeness (QED) is 0.433. The molecule has 1 N–H and O–H groups in total. The lowest BCUT2D eigenvalue weighted by molar-refractivity contribution is -0.139. The molecule has 4 nitrogen and oxygen atoms in total. The number of hydrogen-bond donors (Lipinski definition) is 1. The molecule has 0 rings (SSSR count). The Balaban J connectivity index is 0. The van der Waals surface area contributed by atoms with Crippen molar-refractivity contribution in [3.05, 3.63) is 12.2 Å². The van der Waals surface area contributed by atoms with E-state index < -0.39 is 5.97 Å². The number of allylic oxidation sites excluding steroid dienone is 1. The van der Waals surface area contributed by atoms with Crippen molar-refractivity contribution >= 4 is 11.9 Å². The summed E-state index contributed by atoms with van der Waals surface area (Å²) in [7, 11) is 0. The van der Waals surface area contributed by atoms with Crippen LogP contribution in [-0.4, -0.2) is 23.7 Å². The van der Waals surface area contributed by atoms with E-state index in [1.165, 1.54) is 26.2 Å². The van der Waals surface area contributed by atoms with Gasteiger partial charge in [0.25, 0.3) is 5.97 Å². The molecule has 0 spiro atoms. The molecule has 0 bridgehead atoms. The van der Waals surface area contributed by atoms with E-state index in [1.54, 1.807) is 0 Å². The van der Waals surface area contributed by atoms with Crippen molar-refractivity contribution < 1.29 is 19.4 Å². The maximum Gasteiger partial charge on any atom is 0.302 e. The third-order valence-electron chi connectivity index (χ3n) is 1.52. The normalized spacial score (nSPS) is 9.44. The minimum Gasteiger partial charge on any atom is -0.481 e. The summed E-state index contributed by atoms with van der Waals surface area (Å²) in [5.74, 6) is -1.05. The maximum atomic E-state index is 10.3. The van der Waals surface area contributed by atoms with Crippen molar-refractivity contribution in [1.82, 2.24) is 0 Å². The Bertz CT molecular complexity index is 205. The van der Waals surface area contributed by atoms with Gasteiger partial charge in [-0.25, -0.2) is 0 Å². The van der Waals surface area contributed by atoms with Crippen LogP contribution in [0, 0.1) is 0 Å². The number of unbranched alkanes of at least 4 members (excludes halogenated alkanes) is 3. The predicted octanol–water partition coefficient (Wildman–Crippen LogP) is 2.78. The fraction of sp³-hybridized carbons (Fsp3) is 0.667. The second-order valence-electron chi connectivity index (χ2n) is 3.29. The van der Waals surface area contributed by atoms with E-state index in [9.17, 15) is 4.79 Å². The fourth-order valence-electron chi connectivity index (χ4n) is 0.864. The van der Waals surface area contributed by atoms with Crippen molar-refractivity contribution in [2.24, 2.45) is 0 Å². The van der Waals surface area contributed by atoms with E-state index in [1.807, 2.05) is 6.08 Å². The third-order valence-corrected chi connectivity index (χ3v) is 1.52. The molecule has 0 saturated heterocycles. The van der Waals surface area contributed by atoms with Crippen molar-refractivity contribution in [2.45, 2.75) is 46.5 Å². The molecule has 0 amide bonds. The van der Waals surface area contributed by atoms with E-state index in [0.29, 0.717) is 6.61 Å². The molecule has 4 heteroatoms. The molecule has 16 heavy (non-hydrogen) atoms. The molecule has 0 aromatic carbocycles. The smallest absolute Gasteiger partial charge is 0.302 e. The van der Waals surface area contributed by atoms with Crippen molar-refractivity contribution in [3.63, 3.8) is 0 Å². The lowest BCUT2D eigenvalue weighted by atomic mass is 10.2. The van der Waals surface area contributed by atoms with Crippen LogP contribution in [0.2, 0.25) is 0 Å². The topological polar surface area (TPSA) is 63.6 Å². The summed E-state index contributed by atoms with van der Waals surface area (Å²) in [6.07, 6.45) is 8.81. The number of esters is 1. The molecule has 0 radical (unpaired) electrons. The Labute approximate surface area is 97.3 Å². The number of ether oxygens (including phenoxy) is 1. The molecule has 0 aliphatic rings. The van der Waals surface area contributed by atoms with Gasteiger partial charge in [-0.3, -0.25) is 9.59 Å². The number of carboxylic acids is 1. The Morgan fingerprint density at radius 2 is 1.75 bits per heavy atom. The Morgan fingerprint density at radius 1 is 1.19 bits per heavy atom. The lowest BCUT2D eigenvalue weighted by Crippen LogP contribution is -1.97. The van der Waals surface area contributed by atoms with Gasteiger partial charge in [0.2, 0.25) is 0 Å². The largest absolute Gasteiger partial charge is 0.481 e. The van der Waals surface area contributed by atoms with Gasteiger partial charge in [-0.15, -0.1) is 0 Å². The van der Waals surface area contributed by atoms with E-state index in [0.717, 1.165) is 13.3 Å². The van der Waals surface area contributed by atoms with E-state index in [4.69, 9.17) is 14.6 Å². The predicted molar refractivity (Wildman–Crippen MR) is 63.2 cm³/mol. The number of aliphatic carboxylic acids is 1. The molecule has 0 aromatic heterocycles. The van der Waals surface area contributed by atoms with Crippen LogP contribution in [0.4, 0.5) is 0 Å². The number of rotatable bonds is 6. The monoisotopic (exact) mass is 230 g/mol. The van der Waals surface area contributed by atoms with Gasteiger partial charge in [-0.1, -0.05) is 31.9 Å². The molecule has 0 aliphatic carbocycles. The summed E-state index contributed by atoms with van der Waals surface area (Å²) >= 11 is 0. The highest BCUT2D eigenvalue weighted by atomic mass is 16.5. The summed E-state index contributed by atoms with van der Waals surface area (Å²) in [6, 6.07) is 0. The van der Waals surface area contributed by atoms with Gasteiger partial charge in [0.05, 0.1) is 0 Å². The second kappa shape index (κ2) is 13.7. The number of carboxylic acid groups (broad SMARTS) is 1. The number of hydrogen-bond acceptors (Lipinski definition) is 3. The zero-order chi connectivity index (χ0) is 12.8. The van der Waals surface area contributed by atoms with Gasteiger partial charge < -0.3 is 9.84 Å². The van der Waals surface area contributed by atoms with Gasteiger partial charge in [0, 0.05) is 13.8 Å². The van der Waals surface area contributed by atoms with Crippen LogP contribution in [0.1, 0.15) is 46.5 Å². The zero-order valence-electron chi connectivity index (χ0n) is 10.4. The molecule has 0 saturated carbocycles. The SMILES string of the molecule is CC(=O)O.CCCCCC=CCOC(C)=O. The Kier molecular flexibility index (Phi) is 14.6. The summed E-state index contributed by atoms with van der Waals surface area (Å²) in [5.41, 5.74) is 0. The standard InChI is InChI=1S/C10H18O2.C2H4O2/c1-3-4-5-6-7-8-9-12-10(2)11;1-2(3)4/h7-8H,3-6,9H2,1-2H3;1H3,(H,3,4). The highest BCUT2D eigenvalue weighted by molar-refractivity contribution is 5.66. The highest BCUT2D eigenvalue weighted by Crippen LogP contribution is 1.99. The van der Waals surface area contributed by atoms with Crippen LogP contribution >= 0.6 is 0 Å². The molecule has 0 unspecified atom stereocenters. The minimum absolute atomic E-state index is 0.215. The van der Waals surface area contributed by atoms with Crippen LogP contribution < -0.4 is 0 Å². The highest BCUT2D eigenvalue weighted by Gasteiger charge is 1.86. The van der Waals surface area contributed by atoms with Crippen molar-refractivity contribution in [2.75, 3.05) is 6.61 Å². The summed E-state index contributed by atoms with van der Waals surface area (Å²) in [4.78, 5) is 19.3. The molecule has 0 fully saturated rings. The van der Waals surface area contributed by atoms with Crippen LogP contribution in [0.5, 0.6) is 0 Å². The lowest BCUT2D eigenvalue weighted by Gasteiger charge is -1.94. The zero-order valence-corrected chi connectivity index (χ0v) is 10.4. The van der Waals surface area contributed by atoms with E-state index in [2.05, 4.69) is 13.0 Å². The van der Waals surface area contributed by atoms with Gasteiger partial charge in [0.15, 0.2) is 0 Å². The van der Waals surface area contributed by atoms with Crippen LogP contribution in [0.3, 0.4) is 0 Å². The summed E-state index contributed by atoms with van der Waals surface area (Å²) in [5, 5.41) is 7.42. The average molecular weight is 230 g/mol. The number of carbonyl (C=O) groups excluding carboxylic acids is 1. The van der Waals surface area contributed by atoms with E-state index >= 15 is 0 Å². The molecule has 0 heterocycles. The Morgan fingerprint density at radius 3 is 2.19 bits per heavy atom. The van der Waals surface area contributed by atoms with Gasteiger partial charge in [-0.05, 0) is 12.8 Å². The van der Waals surface area contributed by atoms with E-state index in [-0.39, 0.29) is 5.97 Å². The van der Waals surface area contributed by atoms with Gasteiger partial charge in [0.1, 0.15) is 6.61 Å². The second-order valence-corrected chi connectivity index (χ2v) is 3.29. The minimum atomic E-state index is -0.833. The average Bonchev–Trinajstić information content (AvgIpc) is 2.15. The first-order valence-electron chi connectivity index (χ1n) is 5.48. The Hall–Kier alpha value is -1.32. The van der Waals surface area contributed by atoms with Crippen LogP contribution in [0.15, 0.2) is 12.2 Å². The fourth-order valence-corrected chi connectivity index (χ4v) is 0.864. The van der Waals surface area contributed by atoms with Crippen molar-refractivity contribution in [1.29, 1.82) is 0 Å². The molecule has 0 aliphatic heterocycles. The van der Waals surface area contributed by atoms with Gasteiger partial charge >= 0.3 is 5.97 Å². The first-order valence-corrected chi connectivity index (χ1v) is 5.48. The first-order chi connectivity index (χ1) is 7.50. The maximum absolute atomic E-state index is 10.3. The summed E-state index contributed by atoms with van der Waals surface area (Å²) in [6.45, 7) is 5.11. The van der Waals surface area contributed by atoms with Gasteiger partial charge in [-0.2, -0.15) is 0 Å². The van der Waals surface area contributed by atoms with Crippen LogP contribution in [0.25, 0.3) is 0 Å². The number of carbonyl (C=O) groups is 2. The summed E-state index contributed by atoms with van der Waals surface area (Å²) < 4.78 is 4.72. The van der Waals surface area contributed by atoms with Crippen LogP contribution in [-0.2, 0) is 14.3 Å². The molecular formula is C12H22O4. The third kappa shape index (κ3) is 29.3. The molecular weight excluding hydrogens is 208 g/mol. The molecule has 0 aromatic rings. The molecule has 94 valence electrons. The van der Waals surface area contributed by atoms with Crippen molar-refractivity contribution in [3.8, 4) is 0 Å².